The third kappa shape index (κ3) is 11.5. The highest BCUT2D eigenvalue weighted by atomic mass is 31.2. The molecule has 262 valence electrons. The first-order valence-electron chi connectivity index (χ1n) is 16.2. The lowest BCUT2D eigenvalue weighted by Crippen LogP contribution is -2.36. The maximum atomic E-state index is 14.2. The van der Waals surface area contributed by atoms with Crippen LogP contribution in [-0.4, -0.2) is 42.5 Å². The van der Waals surface area contributed by atoms with Crippen molar-refractivity contribution in [3.05, 3.63) is 89.5 Å². The van der Waals surface area contributed by atoms with E-state index in [1.54, 1.807) is 54.5 Å². The van der Waals surface area contributed by atoms with Gasteiger partial charge in [-0.15, -0.1) is 0 Å². The van der Waals surface area contributed by atoms with Gasteiger partial charge in [-0.3, -0.25) is 13.6 Å². The predicted octanol–water partition coefficient (Wildman–Crippen LogP) is 10.3. The van der Waals surface area contributed by atoms with Crippen molar-refractivity contribution in [1.82, 2.24) is 0 Å². The van der Waals surface area contributed by atoms with E-state index in [4.69, 9.17) is 23.0 Å². The molecule has 0 radical (unpaired) electrons. The van der Waals surface area contributed by atoms with Crippen LogP contribution in [0.1, 0.15) is 78.0 Å². The topological polar surface area (TPSA) is 75.6 Å². The normalized spacial score (nSPS) is 17.2. The van der Waals surface area contributed by atoms with Crippen molar-refractivity contribution in [2.75, 3.05) is 19.8 Å². The Morgan fingerprint density at radius 3 is 2.08 bits per heavy atom. The number of rotatable bonds is 14. The van der Waals surface area contributed by atoms with E-state index in [2.05, 4.69) is 11.1 Å². The van der Waals surface area contributed by atoms with E-state index in [0.717, 1.165) is 22.8 Å². The molecule has 1 aliphatic rings. The van der Waals surface area contributed by atoms with Crippen LogP contribution in [0, 0.1) is 0 Å². The molecule has 1 atom stereocenters. The van der Waals surface area contributed by atoms with Crippen LogP contribution < -0.4 is 4.74 Å². The van der Waals surface area contributed by atoms with Crippen LogP contribution >= 0.6 is 7.82 Å². The minimum Gasteiger partial charge on any atom is -0.493 e. The quantitative estimate of drug-likeness (QED) is 0.124. The summed E-state index contributed by atoms with van der Waals surface area (Å²) in [6, 6.07) is 22.3. The van der Waals surface area contributed by atoms with Crippen LogP contribution in [-0.2, 0) is 41.9 Å². The highest BCUT2D eigenvalue weighted by molar-refractivity contribution is 7.48. The zero-order valence-electron chi connectivity index (χ0n) is 28.9. The van der Waals surface area contributed by atoms with Gasteiger partial charge in [0.2, 0.25) is 0 Å². The van der Waals surface area contributed by atoms with E-state index >= 15 is 0 Å². The number of ether oxygens (including phenoxy) is 2. The van der Waals surface area contributed by atoms with Crippen molar-refractivity contribution in [3.63, 3.8) is 0 Å². The number of phosphoric acid groups is 1. The van der Waals surface area contributed by atoms with Gasteiger partial charge in [0, 0.05) is 6.92 Å². The molecule has 0 spiro atoms. The summed E-state index contributed by atoms with van der Waals surface area (Å²) in [5.41, 5.74) is 0.252. The fourth-order valence-corrected chi connectivity index (χ4v) is 7.19. The van der Waals surface area contributed by atoms with Crippen molar-refractivity contribution in [2.24, 2.45) is 4.99 Å². The molecule has 7 nitrogen and oxygen atoms in total. The van der Waals surface area contributed by atoms with E-state index in [-0.39, 0.29) is 38.4 Å². The predicted molar refractivity (Wildman–Crippen MR) is 182 cm³/mol. The molecule has 1 heterocycles. The first-order chi connectivity index (χ1) is 22.3. The molecule has 1 unspecified atom stereocenters. The molecule has 0 N–H and O–H groups in total. The van der Waals surface area contributed by atoms with Crippen molar-refractivity contribution in [1.29, 1.82) is 0 Å². The lowest BCUT2D eigenvalue weighted by atomic mass is 9.93. The van der Waals surface area contributed by atoms with Crippen molar-refractivity contribution in [2.45, 2.75) is 97.1 Å². The molecule has 3 aromatic rings. The summed E-state index contributed by atoms with van der Waals surface area (Å²) < 4.78 is 84.9. The van der Waals surface area contributed by atoms with Gasteiger partial charge in [-0.2, -0.15) is 13.2 Å². The van der Waals surface area contributed by atoms with Gasteiger partial charge in [-0.25, -0.2) is 9.56 Å². The van der Waals surface area contributed by atoms with Crippen molar-refractivity contribution in [3.8, 4) is 16.9 Å². The third-order valence-corrected chi connectivity index (χ3v) is 9.32. The number of nitrogens with zero attached hydrogens (tertiary/aromatic N) is 1. The number of aliphatic imine (C=N–C) groups is 1. The van der Waals surface area contributed by atoms with Gasteiger partial charge in [0.15, 0.2) is 5.90 Å². The van der Waals surface area contributed by atoms with Crippen molar-refractivity contribution >= 4 is 13.7 Å². The Kier molecular flexibility index (Phi) is 11.9. The third-order valence-electron chi connectivity index (χ3n) is 7.34. The van der Waals surface area contributed by atoms with Crippen LogP contribution in [0.5, 0.6) is 5.75 Å². The summed E-state index contributed by atoms with van der Waals surface area (Å²) in [6.07, 6.45) is -2.88. The maximum absolute atomic E-state index is 14.2. The number of aryl methyl sites for hydroxylation is 2. The summed E-state index contributed by atoms with van der Waals surface area (Å²) in [5, 5.41) is 0. The molecule has 0 aromatic heterocycles. The van der Waals surface area contributed by atoms with E-state index in [1.165, 1.54) is 6.07 Å². The monoisotopic (exact) mass is 689 g/mol. The molecule has 48 heavy (non-hydrogen) atoms. The largest absolute Gasteiger partial charge is 0.493 e. The van der Waals surface area contributed by atoms with Crippen molar-refractivity contribution < 1.29 is 40.8 Å². The lowest BCUT2D eigenvalue weighted by Gasteiger charge is -2.33. The Morgan fingerprint density at radius 1 is 0.833 bits per heavy atom. The smallest absolute Gasteiger partial charge is 0.475 e. The lowest BCUT2D eigenvalue weighted by molar-refractivity contribution is -0.139. The second-order valence-electron chi connectivity index (χ2n) is 14.1. The highest BCUT2D eigenvalue weighted by Gasteiger charge is 2.43. The molecule has 0 saturated carbocycles. The molecule has 0 aliphatic carbocycles. The fourth-order valence-electron chi connectivity index (χ4n) is 5.31. The van der Waals surface area contributed by atoms with E-state index in [1.807, 2.05) is 48.5 Å². The van der Waals surface area contributed by atoms with Crippen LogP contribution in [0.3, 0.4) is 0 Å². The van der Waals surface area contributed by atoms with E-state index < -0.39 is 36.3 Å². The van der Waals surface area contributed by atoms with Crippen LogP contribution in [0.4, 0.5) is 13.2 Å². The van der Waals surface area contributed by atoms with Gasteiger partial charge < -0.3 is 9.47 Å². The minimum atomic E-state index is -4.61. The Hall–Kier alpha value is -3.17. The fraction of sp³-hybridized carbons (Fsp3) is 0.486. The molecule has 1 aliphatic heterocycles. The second kappa shape index (κ2) is 15.2. The average molecular weight is 690 g/mol. The van der Waals surface area contributed by atoms with E-state index in [9.17, 15) is 17.7 Å². The molecule has 0 bridgehead atoms. The van der Waals surface area contributed by atoms with Crippen LogP contribution in [0.15, 0.2) is 77.8 Å². The maximum Gasteiger partial charge on any atom is 0.475 e. The summed E-state index contributed by atoms with van der Waals surface area (Å²) in [6.45, 7) is 12.2. The summed E-state index contributed by atoms with van der Waals surface area (Å²) in [4.78, 5) is 4.61. The second-order valence-corrected chi connectivity index (χ2v) is 15.6. The number of alkyl halides is 3. The Balaban J connectivity index is 1.41. The van der Waals surface area contributed by atoms with E-state index in [0.29, 0.717) is 24.3 Å². The Morgan fingerprint density at radius 2 is 1.48 bits per heavy atom. The average Bonchev–Trinajstić information content (AvgIpc) is 3.36. The number of hydrogen-bond acceptors (Lipinski definition) is 7. The van der Waals surface area contributed by atoms with Gasteiger partial charge in [0.05, 0.1) is 30.0 Å². The summed E-state index contributed by atoms with van der Waals surface area (Å²) in [7, 11) is -4.05. The number of phosphoric ester groups is 1. The molecule has 0 fully saturated rings. The van der Waals surface area contributed by atoms with Gasteiger partial charge in [-0.1, -0.05) is 60.7 Å². The molecule has 0 amide bonds. The molecule has 3 aromatic carbocycles. The summed E-state index contributed by atoms with van der Waals surface area (Å²) in [5.74, 6) is 0.202. The molecule has 0 saturated heterocycles. The number of halogens is 3. The standard InChI is InChI=1S/C37H47F3NO6P/c1-27-41-36(25-44-27,26-45-48(42,46-34(2,3)4)47-35(5,6)7)21-20-29-18-19-33(32(24-29)37(38,39)40)43-22-12-14-28-13-11-17-31(23-28)30-15-9-8-10-16-30/h8-11,13,15-19,23-24H,12,14,20-22,25-26H2,1-7H3. The molecule has 11 heteroatoms. The van der Waals surface area contributed by atoms with Gasteiger partial charge >= 0.3 is 14.0 Å². The SMILES string of the molecule is CC1=NC(CCc2ccc(OCCCc3cccc(-c4ccccc4)c3)c(C(F)(F)F)c2)(COP(=O)(OC(C)(C)C)OC(C)(C)C)CO1. The first-order valence-corrected chi connectivity index (χ1v) is 17.6. The summed E-state index contributed by atoms with van der Waals surface area (Å²) >= 11 is 0. The van der Waals surface area contributed by atoms with Gasteiger partial charge in [0.25, 0.3) is 0 Å². The van der Waals surface area contributed by atoms with Crippen LogP contribution in [0.25, 0.3) is 11.1 Å². The highest BCUT2D eigenvalue weighted by Crippen LogP contribution is 2.56. The van der Waals surface area contributed by atoms with Gasteiger partial charge in [-0.05, 0) is 102 Å². The first kappa shape index (κ1) is 37.6. The molecular weight excluding hydrogens is 642 g/mol. The minimum absolute atomic E-state index is 0.117. The number of hydrogen-bond donors (Lipinski definition) is 0. The molecular formula is C37H47F3NO6P. The Bertz CT molecular complexity index is 1580. The van der Waals surface area contributed by atoms with Gasteiger partial charge in [0.1, 0.15) is 17.9 Å². The zero-order chi connectivity index (χ0) is 35.2. The van der Waals surface area contributed by atoms with Crippen LogP contribution in [0.2, 0.25) is 0 Å². The number of benzene rings is 3. The molecule has 4 rings (SSSR count). The Labute approximate surface area is 282 Å². The zero-order valence-corrected chi connectivity index (χ0v) is 29.8.